The van der Waals surface area contributed by atoms with Crippen LogP contribution in [0, 0.1) is 61.4 Å². The quantitative estimate of drug-likeness (QED) is 0.537. The predicted molar refractivity (Wildman–Crippen MR) is 81.2 cm³/mol. The van der Waals surface area contributed by atoms with Crippen LogP contribution in [0.5, 0.6) is 0 Å². The monoisotopic (exact) mass is 337 g/mol. The maximum atomic E-state index is 2.20. The Morgan fingerprint density at radius 3 is 2.33 bits per heavy atom. The first-order valence-corrected chi connectivity index (χ1v) is 8.86. The molecule has 0 aromatic rings. The van der Waals surface area contributed by atoms with E-state index >= 15 is 0 Å². The molecular formula is C13H15FeNS3. The Balaban J connectivity index is 0.00000162. The molecule has 0 unspecified atom stereocenters. The molecule has 0 atom stereocenters. The molecule has 0 bridgehead atoms. The summed E-state index contributed by atoms with van der Waals surface area (Å²) < 4.78 is 0. The van der Waals surface area contributed by atoms with Crippen LogP contribution < -0.4 is 0 Å². The summed E-state index contributed by atoms with van der Waals surface area (Å²) in [5, 5.41) is 2.70. The minimum atomic E-state index is 0. The SMILES string of the molecule is CN(C)C[C]1[CH][CH][CH][C]1SSS[C]1[CH][CH][CH][CH]1.[Fe]. The molecule has 98 valence electrons. The molecule has 1 nitrogen and oxygen atoms in total. The van der Waals surface area contributed by atoms with Crippen molar-refractivity contribution in [3.63, 3.8) is 0 Å². The second-order valence-electron chi connectivity index (χ2n) is 4.01. The average Bonchev–Trinajstić information content (AvgIpc) is 2.90. The molecule has 0 aromatic heterocycles. The fourth-order valence-corrected chi connectivity index (χ4v) is 5.38. The van der Waals surface area contributed by atoms with E-state index < -0.39 is 0 Å². The van der Waals surface area contributed by atoms with Gasteiger partial charge in [0.25, 0.3) is 0 Å². The van der Waals surface area contributed by atoms with E-state index in [0.717, 1.165) is 6.54 Å². The molecule has 0 aliphatic heterocycles. The number of nitrogens with zero attached hydrogens (tertiary/aromatic N) is 1. The van der Waals surface area contributed by atoms with Gasteiger partial charge in [-0.05, 0) is 68.9 Å². The van der Waals surface area contributed by atoms with Crippen LogP contribution >= 0.6 is 31.4 Å². The molecule has 2 aliphatic carbocycles. The summed E-state index contributed by atoms with van der Waals surface area (Å²) in [7, 11) is 9.70. The van der Waals surface area contributed by atoms with E-state index in [9.17, 15) is 0 Å². The van der Waals surface area contributed by atoms with Crippen LogP contribution in [0.25, 0.3) is 0 Å². The van der Waals surface area contributed by atoms with Crippen molar-refractivity contribution >= 4 is 31.4 Å². The average molecular weight is 337 g/mol. The maximum Gasteiger partial charge on any atom is 0.0547 e. The molecule has 2 fully saturated rings. The number of hydrogen-bond acceptors (Lipinski definition) is 4. The van der Waals surface area contributed by atoms with Gasteiger partial charge in [-0.25, -0.2) is 0 Å². The van der Waals surface area contributed by atoms with Crippen LogP contribution in [0.3, 0.4) is 0 Å². The van der Waals surface area contributed by atoms with E-state index in [4.69, 9.17) is 0 Å². The van der Waals surface area contributed by atoms with E-state index in [1.54, 1.807) is 0 Å². The fraction of sp³-hybridized carbons (Fsp3) is 0.231. The minimum Gasteiger partial charge on any atom is -0.309 e. The molecule has 5 heteroatoms. The molecule has 0 amide bonds. The van der Waals surface area contributed by atoms with E-state index in [-0.39, 0.29) is 17.1 Å². The van der Waals surface area contributed by atoms with Crippen molar-refractivity contribution in [2.24, 2.45) is 0 Å². The van der Waals surface area contributed by atoms with Gasteiger partial charge < -0.3 is 4.90 Å². The second kappa shape index (κ2) is 9.46. The van der Waals surface area contributed by atoms with Gasteiger partial charge in [0.05, 0.1) is 10.5 Å². The fourth-order valence-electron chi connectivity index (χ4n) is 1.50. The Kier molecular flexibility index (Phi) is 9.24. The zero-order valence-corrected chi connectivity index (χ0v) is 13.8. The van der Waals surface area contributed by atoms with Crippen LogP contribution in [0.15, 0.2) is 0 Å². The first kappa shape index (κ1) is 17.6. The number of rotatable bonds is 6. The molecule has 2 aliphatic rings. The zero-order chi connectivity index (χ0) is 12.1. The van der Waals surface area contributed by atoms with Gasteiger partial charge in [0, 0.05) is 29.5 Å². The van der Waals surface area contributed by atoms with E-state index in [1.807, 2.05) is 31.4 Å². The molecule has 10 radical (unpaired) electrons. The smallest absolute Gasteiger partial charge is 0.0547 e. The van der Waals surface area contributed by atoms with E-state index in [0.29, 0.717) is 0 Å². The standard InChI is InChI=1S/C13H15NS3.Fe/c1-14(2)10-11-6-5-9-13(11)16-17-15-12-7-3-4-8-12;/h3-9H,10H2,1-2H3;. The Morgan fingerprint density at radius 1 is 0.944 bits per heavy atom. The Morgan fingerprint density at radius 2 is 1.67 bits per heavy atom. The second-order valence-corrected chi connectivity index (χ2v) is 8.02. The van der Waals surface area contributed by atoms with Crippen molar-refractivity contribution in [2.45, 2.75) is 0 Å². The third kappa shape index (κ3) is 5.88. The van der Waals surface area contributed by atoms with Crippen molar-refractivity contribution in [1.82, 2.24) is 4.90 Å². The molecule has 0 spiro atoms. The topological polar surface area (TPSA) is 3.24 Å². The van der Waals surface area contributed by atoms with Crippen molar-refractivity contribution in [3.05, 3.63) is 61.4 Å². The summed E-state index contributed by atoms with van der Waals surface area (Å²) in [6, 6.07) is 0. The van der Waals surface area contributed by atoms with Gasteiger partial charge in [-0.3, -0.25) is 0 Å². The summed E-state index contributed by atoms with van der Waals surface area (Å²) >= 11 is 0. The summed E-state index contributed by atoms with van der Waals surface area (Å²) in [4.78, 5) is 2.20. The molecular weight excluding hydrogens is 322 g/mol. The summed E-state index contributed by atoms with van der Waals surface area (Å²) in [6.07, 6.45) is 15.0. The molecule has 0 aromatic carbocycles. The molecule has 0 saturated heterocycles. The third-order valence-corrected chi connectivity index (χ3v) is 6.16. The van der Waals surface area contributed by atoms with Gasteiger partial charge >= 0.3 is 0 Å². The summed E-state index contributed by atoms with van der Waals surface area (Å²) in [5.41, 5.74) is 0. The van der Waals surface area contributed by atoms with Crippen LogP contribution in [0.1, 0.15) is 0 Å². The van der Waals surface area contributed by atoms with Crippen LogP contribution in [0.4, 0.5) is 0 Å². The predicted octanol–water partition coefficient (Wildman–Crippen LogP) is 3.67. The number of hydrogen-bond donors (Lipinski definition) is 0. The van der Waals surface area contributed by atoms with Crippen molar-refractivity contribution in [2.75, 3.05) is 20.6 Å². The maximum absolute atomic E-state index is 2.20. The van der Waals surface area contributed by atoms with Gasteiger partial charge in [-0.15, -0.1) is 0 Å². The largest absolute Gasteiger partial charge is 0.309 e. The molecule has 18 heavy (non-hydrogen) atoms. The molecule has 2 rings (SSSR count). The third-order valence-electron chi connectivity index (χ3n) is 2.23. The van der Waals surface area contributed by atoms with Crippen LogP contribution in [-0.4, -0.2) is 25.5 Å². The van der Waals surface area contributed by atoms with E-state index in [1.165, 1.54) is 16.4 Å². The van der Waals surface area contributed by atoms with Gasteiger partial charge in [0.2, 0.25) is 0 Å². The Labute approximate surface area is 135 Å². The van der Waals surface area contributed by atoms with Crippen LogP contribution in [0.2, 0.25) is 0 Å². The van der Waals surface area contributed by atoms with Gasteiger partial charge in [-0.1, -0.05) is 21.6 Å². The summed E-state index contributed by atoms with van der Waals surface area (Å²) in [6.45, 7) is 1.01. The minimum absolute atomic E-state index is 0. The van der Waals surface area contributed by atoms with Crippen molar-refractivity contribution in [1.29, 1.82) is 0 Å². The first-order valence-electron chi connectivity index (χ1n) is 5.38. The molecule has 0 heterocycles. The Bertz CT molecular complexity index is 222. The normalized spacial score (nSPS) is 22.8. The van der Waals surface area contributed by atoms with Crippen molar-refractivity contribution < 1.29 is 17.1 Å². The zero-order valence-electron chi connectivity index (χ0n) is 10.3. The van der Waals surface area contributed by atoms with Gasteiger partial charge in [0.1, 0.15) is 0 Å². The van der Waals surface area contributed by atoms with Crippen LogP contribution in [-0.2, 0) is 17.1 Å². The summed E-state index contributed by atoms with van der Waals surface area (Å²) in [5.74, 6) is 1.41. The first-order chi connectivity index (χ1) is 8.25. The van der Waals surface area contributed by atoms with Gasteiger partial charge in [0.15, 0.2) is 0 Å². The molecule has 0 N–H and O–H groups in total. The molecule has 2 saturated carbocycles. The van der Waals surface area contributed by atoms with E-state index in [2.05, 4.69) is 63.9 Å². The van der Waals surface area contributed by atoms with Crippen molar-refractivity contribution in [3.8, 4) is 0 Å². The Hall–Kier alpha value is 1.53. The van der Waals surface area contributed by atoms with Gasteiger partial charge in [-0.2, -0.15) is 0 Å².